The summed E-state index contributed by atoms with van der Waals surface area (Å²) < 4.78 is 2.22. The lowest BCUT2D eigenvalue weighted by molar-refractivity contribution is 0.533. The predicted molar refractivity (Wildman–Crippen MR) is 70.1 cm³/mol. The maximum atomic E-state index is 4.06. The largest absolute Gasteiger partial charge is 0.317 e. The molecule has 0 aromatic carbocycles. The quantitative estimate of drug-likeness (QED) is 0.723. The first-order chi connectivity index (χ1) is 8.16. The van der Waals surface area contributed by atoms with Gasteiger partial charge in [0.05, 0.1) is 0 Å². The van der Waals surface area contributed by atoms with Crippen molar-refractivity contribution in [1.29, 1.82) is 0 Å². The Bertz CT molecular complexity index is 648. The average Bonchev–Trinajstić information content (AvgIpc) is 2.71. The lowest BCUT2D eigenvalue weighted by Gasteiger charge is -2.20. The van der Waals surface area contributed by atoms with Crippen LogP contribution in [0.2, 0.25) is 0 Å². The van der Waals surface area contributed by atoms with E-state index in [-0.39, 0.29) is 5.41 Å². The fraction of sp³-hybridized carbons (Fsp3) is 0.267. The van der Waals surface area contributed by atoms with Gasteiger partial charge < -0.3 is 4.57 Å². The molecule has 2 nitrogen and oxygen atoms in total. The van der Waals surface area contributed by atoms with E-state index in [0.29, 0.717) is 0 Å². The molecule has 3 rings (SSSR count). The summed E-state index contributed by atoms with van der Waals surface area (Å²) in [7, 11) is 0. The molecule has 0 aliphatic heterocycles. The maximum absolute atomic E-state index is 4.06. The lowest BCUT2D eigenvalue weighted by atomic mass is 9.86. The van der Waals surface area contributed by atoms with Gasteiger partial charge in [0.25, 0.3) is 0 Å². The van der Waals surface area contributed by atoms with E-state index in [1.165, 1.54) is 16.3 Å². The number of rotatable bonds is 1. The van der Waals surface area contributed by atoms with E-state index in [4.69, 9.17) is 0 Å². The van der Waals surface area contributed by atoms with Crippen molar-refractivity contribution in [3.63, 3.8) is 0 Å². The van der Waals surface area contributed by atoms with Gasteiger partial charge in [0.2, 0.25) is 0 Å². The van der Waals surface area contributed by atoms with Crippen LogP contribution in [-0.2, 0) is 0 Å². The van der Waals surface area contributed by atoms with Gasteiger partial charge in [-0.3, -0.25) is 4.98 Å². The molecular weight excluding hydrogens is 208 g/mol. The molecule has 0 fully saturated rings. The molecule has 0 amide bonds. The molecule has 2 aromatic heterocycles. The highest BCUT2D eigenvalue weighted by Gasteiger charge is 2.16. The van der Waals surface area contributed by atoms with Crippen LogP contribution in [0.5, 0.6) is 0 Å². The number of hydrogen-bond acceptors (Lipinski definition) is 1. The zero-order valence-corrected chi connectivity index (χ0v) is 10.2. The summed E-state index contributed by atoms with van der Waals surface area (Å²) in [5.74, 6) is 0. The van der Waals surface area contributed by atoms with Gasteiger partial charge in [-0.05, 0) is 35.3 Å². The van der Waals surface area contributed by atoms with Crippen molar-refractivity contribution in [3.8, 4) is 5.69 Å². The van der Waals surface area contributed by atoms with Gasteiger partial charge >= 0.3 is 0 Å². The maximum Gasteiger partial charge on any atom is 0.0486 e. The van der Waals surface area contributed by atoms with Crippen molar-refractivity contribution in [2.24, 2.45) is 5.41 Å². The Balaban J connectivity index is 2.22. The molecule has 1 aliphatic rings. The molecule has 2 aromatic rings. The monoisotopic (exact) mass is 224 g/mol. The second-order valence-corrected chi connectivity index (χ2v) is 5.27. The molecule has 0 bridgehead atoms. The molecule has 17 heavy (non-hydrogen) atoms. The van der Waals surface area contributed by atoms with Gasteiger partial charge in [-0.2, -0.15) is 0 Å². The van der Waals surface area contributed by atoms with Crippen LogP contribution in [0.4, 0.5) is 0 Å². The summed E-state index contributed by atoms with van der Waals surface area (Å²) in [5.41, 5.74) is 1.45. The van der Waals surface area contributed by atoms with Crippen LogP contribution in [0.25, 0.3) is 17.8 Å². The molecule has 0 N–H and O–H groups in total. The lowest BCUT2D eigenvalue weighted by Crippen LogP contribution is -2.33. The average molecular weight is 224 g/mol. The Kier molecular flexibility index (Phi) is 2.18. The van der Waals surface area contributed by atoms with Crippen LogP contribution in [0, 0.1) is 5.41 Å². The minimum atomic E-state index is 0.275. The summed E-state index contributed by atoms with van der Waals surface area (Å²) in [4.78, 5) is 4.06. The van der Waals surface area contributed by atoms with E-state index >= 15 is 0 Å². The molecule has 0 spiro atoms. The van der Waals surface area contributed by atoms with Crippen LogP contribution in [0.1, 0.15) is 20.3 Å². The fourth-order valence-corrected chi connectivity index (χ4v) is 2.37. The van der Waals surface area contributed by atoms with Crippen molar-refractivity contribution in [1.82, 2.24) is 9.55 Å². The molecule has 0 saturated carbocycles. The van der Waals surface area contributed by atoms with E-state index in [9.17, 15) is 0 Å². The Morgan fingerprint density at radius 2 is 1.94 bits per heavy atom. The standard InChI is InChI=1S/C15H16N2/c1-15(2)7-3-14-12(11-15)6-10-17(14)13-4-8-16-9-5-13/h3-6,8-11H,7H2,1-2H3. The summed E-state index contributed by atoms with van der Waals surface area (Å²) in [6.45, 7) is 4.55. The SMILES string of the molecule is CC1(C)C=c2ccn(-c3ccncc3)c2=CC1. The normalized spacial score (nSPS) is 16.8. The van der Waals surface area contributed by atoms with Crippen molar-refractivity contribution < 1.29 is 0 Å². The first-order valence-corrected chi connectivity index (χ1v) is 5.97. The Morgan fingerprint density at radius 3 is 2.71 bits per heavy atom. The van der Waals surface area contributed by atoms with Gasteiger partial charge in [-0.15, -0.1) is 0 Å². The Morgan fingerprint density at radius 1 is 1.18 bits per heavy atom. The number of fused-ring (bicyclic) bond motifs is 1. The molecule has 86 valence electrons. The zero-order chi connectivity index (χ0) is 11.9. The third-order valence-corrected chi connectivity index (χ3v) is 3.27. The van der Waals surface area contributed by atoms with Gasteiger partial charge in [0.1, 0.15) is 0 Å². The number of nitrogens with zero attached hydrogens (tertiary/aromatic N) is 2. The highest BCUT2D eigenvalue weighted by molar-refractivity contribution is 5.45. The van der Waals surface area contributed by atoms with Gasteiger partial charge in [0, 0.05) is 29.6 Å². The second kappa shape index (κ2) is 3.59. The second-order valence-electron chi connectivity index (χ2n) is 5.27. The summed E-state index contributed by atoms with van der Waals surface area (Å²) >= 11 is 0. The highest BCUT2D eigenvalue weighted by atomic mass is 15.0. The van der Waals surface area contributed by atoms with Crippen LogP contribution in [0.15, 0.2) is 36.8 Å². The zero-order valence-electron chi connectivity index (χ0n) is 10.2. The van der Waals surface area contributed by atoms with Gasteiger partial charge in [-0.25, -0.2) is 0 Å². The smallest absolute Gasteiger partial charge is 0.0486 e. The number of aromatic nitrogens is 2. The van der Waals surface area contributed by atoms with E-state index < -0.39 is 0 Å². The summed E-state index contributed by atoms with van der Waals surface area (Å²) in [5, 5.41) is 2.63. The molecule has 2 heterocycles. The molecule has 0 radical (unpaired) electrons. The van der Waals surface area contributed by atoms with E-state index in [0.717, 1.165) is 6.42 Å². The Hall–Kier alpha value is -1.83. The van der Waals surface area contributed by atoms with E-state index in [2.05, 4.69) is 47.8 Å². The molecule has 1 aliphatic carbocycles. The third-order valence-electron chi connectivity index (χ3n) is 3.27. The van der Waals surface area contributed by atoms with Crippen LogP contribution < -0.4 is 10.6 Å². The van der Waals surface area contributed by atoms with Gasteiger partial charge in [0.15, 0.2) is 0 Å². The van der Waals surface area contributed by atoms with Crippen molar-refractivity contribution in [3.05, 3.63) is 47.4 Å². The third kappa shape index (κ3) is 1.80. The molecule has 2 heteroatoms. The van der Waals surface area contributed by atoms with Crippen LogP contribution in [-0.4, -0.2) is 9.55 Å². The summed E-state index contributed by atoms with van der Waals surface area (Å²) in [6, 6.07) is 6.26. The minimum absolute atomic E-state index is 0.275. The predicted octanol–water partition coefficient (Wildman–Crippen LogP) is 1.86. The van der Waals surface area contributed by atoms with Gasteiger partial charge in [-0.1, -0.05) is 26.0 Å². The van der Waals surface area contributed by atoms with Crippen molar-refractivity contribution in [2.75, 3.05) is 0 Å². The van der Waals surface area contributed by atoms with Crippen LogP contribution in [0.3, 0.4) is 0 Å². The molecular formula is C15H16N2. The molecule has 0 saturated heterocycles. The van der Waals surface area contributed by atoms with E-state index in [1.54, 1.807) is 0 Å². The minimum Gasteiger partial charge on any atom is -0.317 e. The number of pyridine rings is 1. The Labute approximate surface area is 101 Å². The van der Waals surface area contributed by atoms with Crippen molar-refractivity contribution in [2.45, 2.75) is 20.3 Å². The molecule has 0 atom stereocenters. The fourth-order valence-electron chi connectivity index (χ4n) is 2.37. The highest BCUT2D eigenvalue weighted by Crippen LogP contribution is 2.23. The first-order valence-electron chi connectivity index (χ1n) is 5.97. The summed E-state index contributed by atoms with van der Waals surface area (Å²) in [6.07, 6.45) is 11.6. The van der Waals surface area contributed by atoms with Crippen LogP contribution >= 0.6 is 0 Å². The van der Waals surface area contributed by atoms with Crippen molar-refractivity contribution >= 4 is 12.2 Å². The number of hydrogen-bond donors (Lipinski definition) is 0. The van der Waals surface area contributed by atoms with E-state index in [1.807, 2.05) is 24.5 Å². The molecule has 0 unspecified atom stereocenters. The topological polar surface area (TPSA) is 17.8 Å². The first kappa shape index (κ1) is 10.3.